The molecule has 0 aliphatic heterocycles. The van der Waals surface area contributed by atoms with Crippen LogP contribution in [-0.2, 0) is 0 Å². The summed E-state index contributed by atoms with van der Waals surface area (Å²) in [7, 11) is 0. The molecule has 1 saturated carbocycles. The number of benzene rings is 1. The van der Waals surface area contributed by atoms with E-state index in [1.807, 2.05) is 0 Å². The summed E-state index contributed by atoms with van der Waals surface area (Å²) in [6.07, 6.45) is 5.15. The van der Waals surface area contributed by atoms with Crippen molar-refractivity contribution in [3.63, 3.8) is 0 Å². The maximum atomic E-state index is 13.5. The molecular weight excluding hydrogens is 260 g/mol. The Morgan fingerprint density at radius 2 is 1.95 bits per heavy atom. The fraction of sp³-hybridized carbons (Fsp3) is 0.625. The maximum absolute atomic E-state index is 13.5. The summed E-state index contributed by atoms with van der Waals surface area (Å²) < 4.78 is 26.6. The Morgan fingerprint density at radius 3 is 2.65 bits per heavy atom. The first kappa shape index (κ1) is 15.4. The van der Waals surface area contributed by atoms with Gasteiger partial charge in [0.05, 0.1) is 6.10 Å². The third-order valence-corrected chi connectivity index (χ3v) is 4.27. The summed E-state index contributed by atoms with van der Waals surface area (Å²) in [5, 5.41) is 13.2. The van der Waals surface area contributed by atoms with E-state index in [1.165, 1.54) is 32.1 Å². The summed E-state index contributed by atoms with van der Waals surface area (Å²) >= 11 is 0. The van der Waals surface area contributed by atoms with Gasteiger partial charge in [0.15, 0.2) is 0 Å². The molecule has 1 aromatic carbocycles. The number of aliphatic hydroxyl groups excluding tert-OH is 1. The minimum absolute atomic E-state index is 0.0197. The van der Waals surface area contributed by atoms with E-state index in [0.29, 0.717) is 0 Å². The second-order valence-corrected chi connectivity index (χ2v) is 6.18. The predicted octanol–water partition coefficient (Wildman–Crippen LogP) is 3.56. The van der Waals surface area contributed by atoms with Crippen molar-refractivity contribution in [2.45, 2.75) is 45.1 Å². The zero-order chi connectivity index (χ0) is 14.6. The van der Waals surface area contributed by atoms with Crippen molar-refractivity contribution in [3.05, 3.63) is 35.4 Å². The molecule has 0 radical (unpaired) electrons. The van der Waals surface area contributed by atoms with Crippen molar-refractivity contribution < 1.29 is 13.9 Å². The molecular formula is C16H23F2NO. The second kappa shape index (κ2) is 6.64. The lowest BCUT2D eigenvalue weighted by Gasteiger charge is -2.34. The average Bonchev–Trinajstić information content (AvgIpc) is 2.42. The standard InChI is InChI=1S/C16H23F2NO/c1-16(7-3-2-4-8-16)11-19-10-15(20)13-9-12(17)5-6-14(13)18/h5-6,9,15,19-20H,2-4,7-8,10-11H2,1H3. The normalized spacial score (nSPS) is 19.8. The molecule has 1 aliphatic rings. The van der Waals surface area contributed by atoms with Crippen molar-refractivity contribution in [2.24, 2.45) is 5.41 Å². The predicted molar refractivity (Wildman–Crippen MR) is 75.4 cm³/mol. The van der Waals surface area contributed by atoms with E-state index in [2.05, 4.69) is 12.2 Å². The molecule has 2 rings (SSSR count). The van der Waals surface area contributed by atoms with Crippen molar-refractivity contribution in [1.82, 2.24) is 5.32 Å². The van der Waals surface area contributed by atoms with Crippen LogP contribution in [0.4, 0.5) is 8.78 Å². The van der Waals surface area contributed by atoms with Crippen LogP contribution in [0.25, 0.3) is 0 Å². The molecule has 1 unspecified atom stereocenters. The van der Waals surface area contributed by atoms with Crippen molar-refractivity contribution in [1.29, 1.82) is 0 Å². The van der Waals surface area contributed by atoms with E-state index >= 15 is 0 Å². The van der Waals surface area contributed by atoms with Gasteiger partial charge in [-0.05, 0) is 36.5 Å². The smallest absolute Gasteiger partial charge is 0.129 e. The number of rotatable bonds is 5. The van der Waals surface area contributed by atoms with Crippen LogP contribution in [0.3, 0.4) is 0 Å². The highest BCUT2D eigenvalue weighted by molar-refractivity contribution is 5.21. The van der Waals surface area contributed by atoms with E-state index in [1.54, 1.807) is 0 Å². The van der Waals surface area contributed by atoms with Gasteiger partial charge in [-0.25, -0.2) is 8.78 Å². The van der Waals surface area contributed by atoms with Crippen LogP contribution in [0, 0.1) is 17.0 Å². The van der Waals surface area contributed by atoms with Gasteiger partial charge < -0.3 is 10.4 Å². The Kier molecular flexibility index (Phi) is 5.11. The Hall–Kier alpha value is -1.00. The number of nitrogens with one attached hydrogen (secondary N) is 1. The van der Waals surface area contributed by atoms with Crippen molar-refractivity contribution in [2.75, 3.05) is 13.1 Å². The van der Waals surface area contributed by atoms with E-state index < -0.39 is 17.7 Å². The minimum Gasteiger partial charge on any atom is -0.387 e. The average molecular weight is 283 g/mol. The number of aliphatic hydroxyl groups is 1. The highest BCUT2D eigenvalue weighted by atomic mass is 19.1. The molecule has 0 spiro atoms. The molecule has 0 saturated heterocycles. The van der Waals surface area contributed by atoms with Gasteiger partial charge in [0, 0.05) is 18.7 Å². The number of hydrogen-bond acceptors (Lipinski definition) is 2. The Morgan fingerprint density at radius 1 is 1.25 bits per heavy atom. The van der Waals surface area contributed by atoms with Crippen LogP contribution in [0.5, 0.6) is 0 Å². The maximum Gasteiger partial charge on any atom is 0.129 e. The van der Waals surface area contributed by atoms with Gasteiger partial charge in [-0.3, -0.25) is 0 Å². The van der Waals surface area contributed by atoms with E-state index in [-0.39, 0.29) is 17.5 Å². The van der Waals surface area contributed by atoms with Gasteiger partial charge >= 0.3 is 0 Å². The first-order valence-corrected chi connectivity index (χ1v) is 7.34. The summed E-state index contributed by atoms with van der Waals surface area (Å²) in [6, 6.07) is 3.17. The molecule has 2 N–H and O–H groups in total. The van der Waals surface area contributed by atoms with Crippen LogP contribution in [0.15, 0.2) is 18.2 Å². The second-order valence-electron chi connectivity index (χ2n) is 6.18. The van der Waals surface area contributed by atoms with Crippen LogP contribution in [-0.4, -0.2) is 18.2 Å². The lowest BCUT2D eigenvalue weighted by Crippen LogP contribution is -2.35. The van der Waals surface area contributed by atoms with E-state index in [0.717, 1.165) is 24.7 Å². The van der Waals surface area contributed by atoms with E-state index in [4.69, 9.17) is 0 Å². The molecule has 4 heteroatoms. The topological polar surface area (TPSA) is 32.3 Å². The highest BCUT2D eigenvalue weighted by Crippen LogP contribution is 2.35. The van der Waals surface area contributed by atoms with Crippen molar-refractivity contribution in [3.8, 4) is 0 Å². The Balaban J connectivity index is 1.85. The SMILES string of the molecule is CC1(CNCC(O)c2cc(F)ccc2F)CCCCC1. The fourth-order valence-electron chi connectivity index (χ4n) is 2.97. The Bertz CT molecular complexity index is 444. The summed E-state index contributed by atoms with van der Waals surface area (Å²) in [4.78, 5) is 0. The molecule has 2 nitrogen and oxygen atoms in total. The van der Waals surface area contributed by atoms with Gasteiger partial charge in [-0.15, -0.1) is 0 Å². The monoisotopic (exact) mass is 283 g/mol. The number of halogens is 2. The summed E-state index contributed by atoms with van der Waals surface area (Å²) in [5.74, 6) is -1.09. The van der Waals surface area contributed by atoms with Gasteiger partial charge in [0.1, 0.15) is 11.6 Å². The molecule has 20 heavy (non-hydrogen) atoms. The van der Waals surface area contributed by atoms with Crippen LogP contribution in [0.1, 0.15) is 50.7 Å². The molecule has 0 aromatic heterocycles. The van der Waals surface area contributed by atoms with E-state index in [9.17, 15) is 13.9 Å². The molecule has 1 aromatic rings. The third-order valence-electron chi connectivity index (χ3n) is 4.27. The fourth-order valence-corrected chi connectivity index (χ4v) is 2.97. The number of hydrogen-bond donors (Lipinski definition) is 2. The first-order chi connectivity index (χ1) is 9.50. The largest absolute Gasteiger partial charge is 0.387 e. The molecule has 0 amide bonds. The molecule has 1 atom stereocenters. The first-order valence-electron chi connectivity index (χ1n) is 7.34. The van der Waals surface area contributed by atoms with Crippen LogP contribution in [0.2, 0.25) is 0 Å². The van der Waals surface area contributed by atoms with Crippen LogP contribution < -0.4 is 5.32 Å². The van der Waals surface area contributed by atoms with Crippen LogP contribution >= 0.6 is 0 Å². The van der Waals surface area contributed by atoms with Gasteiger partial charge in [-0.2, -0.15) is 0 Å². The lowest BCUT2D eigenvalue weighted by molar-refractivity contribution is 0.151. The molecule has 0 heterocycles. The van der Waals surface area contributed by atoms with Crippen molar-refractivity contribution >= 4 is 0 Å². The molecule has 1 fully saturated rings. The molecule has 0 bridgehead atoms. The molecule has 1 aliphatic carbocycles. The third kappa shape index (κ3) is 4.00. The highest BCUT2D eigenvalue weighted by Gasteiger charge is 2.26. The zero-order valence-electron chi connectivity index (χ0n) is 12.0. The molecule has 112 valence electrons. The lowest BCUT2D eigenvalue weighted by atomic mass is 9.76. The summed E-state index contributed by atoms with van der Waals surface area (Å²) in [5.41, 5.74) is 0.282. The Labute approximate surface area is 119 Å². The zero-order valence-corrected chi connectivity index (χ0v) is 12.0. The van der Waals surface area contributed by atoms with Gasteiger partial charge in [-0.1, -0.05) is 26.2 Å². The summed E-state index contributed by atoms with van der Waals surface area (Å²) in [6.45, 7) is 3.30. The minimum atomic E-state index is -1.02. The van der Waals surface area contributed by atoms with Gasteiger partial charge in [0.2, 0.25) is 0 Å². The quantitative estimate of drug-likeness (QED) is 0.866. The van der Waals surface area contributed by atoms with Gasteiger partial charge in [0.25, 0.3) is 0 Å².